The van der Waals surface area contributed by atoms with Crippen LogP contribution in [0.3, 0.4) is 0 Å². The van der Waals surface area contributed by atoms with Gasteiger partial charge in [-0.1, -0.05) is 215 Å². The molecule has 4 aliphatic carbocycles. The Hall–Kier alpha value is -9.76. The quantitative estimate of drug-likeness (QED) is 0.161. The Morgan fingerprint density at radius 2 is 0.651 bits per heavy atom. The number of anilines is 3. The van der Waals surface area contributed by atoms with E-state index in [1.54, 1.807) is 0 Å². The van der Waals surface area contributed by atoms with E-state index < -0.39 is 5.41 Å². The summed E-state index contributed by atoms with van der Waals surface area (Å²) in [5, 5.41) is 2.54. The zero-order valence-corrected chi connectivity index (χ0v) is 47.6. The molecule has 0 N–H and O–H groups in total. The van der Waals surface area contributed by atoms with Crippen LogP contribution in [0.4, 0.5) is 17.1 Å². The van der Waals surface area contributed by atoms with Crippen LogP contribution in [0.15, 0.2) is 255 Å². The molecule has 1 aromatic heterocycles. The molecule has 2 heteroatoms. The molecule has 0 saturated heterocycles. The van der Waals surface area contributed by atoms with Crippen molar-refractivity contribution in [3.8, 4) is 72.4 Å². The van der Waals surface area contributed by atoms with Crippen molar-refractivity contribution >= 4 is 38.9 Å². The molecule has 0 saturated carbocycles. The number of aryl methyl sites for hydroxylation is 2. The van der Waals surface area contributed by atoms with Gasteiger partial charge >= 0.3 is 0 Å². The zero-order chi connectivity index (χ0) is 55.7. The Balaban J connectivity index is 0.758. The molecule has 0 aliphatic heterocycles. The summed E-state index contributed by atoms with van der Waals surface area (Å²) < 4.78 is 2.45. The molecule has 394 valence electrons. The van der Waals surface area contributed by atoms with Crippen LogP contribution in [0.2, 0.25) is 0 Å². The lowest BCUT2D eigenvalue weighted by Gasteiger charge is -2.32. The molecule has 0 amide bonds. The second kappa shape index (κ2) is 17.1. The first-order valence-electron chi connectivity index (χ1n) is 29.5. The highest BCUT2D eigenvalue weighted by atomic mass is 15.1. The van der Waals surface area contributed by atoms with Crippen LogP contribution in [-0.4, -0.2) is 4.57 Å². The maximum absolute atomic E-state index is 2.51. The molecule has 0 radical (unpaired) electrons. The third-order valence-electron chi connectivity index (χ3n) is 19.7. The minimum Gasteiger partial charge on any atom is -0.310 e. The lowest BCUT2D eigenvalue weighted by atomic mass is 9.70. The van der Waals surface area contributed by atoms with Gasteiger partial charge in [-0.25, -0.2) is 0 Å². The standard InChI is InChI=1S/C81H60N2/c1-49-24-41-77-67(43-49)68-45-53(54-29-38-64-63-37-23-50(2)44-73(63)80(5,6)74(64)46-54)30-42-78(68)83(77)56-33-27-52(28-34-56)51-25-31-55(32-26-51)82(57-35-39-65-59-15-7-11-19-69(59)79(3,4)75(65)47-57)58-36-40-66-62-18-10-14-22-72(62)81(76(66)48-58)70-20-12-8-16-60(70)61-17-9-13-21-71(61)81/h7-48H,1-6H3. The lowest BCUT2D eigenvalue weighted by molar-refractivity contribution is 0.660. The number of rotatable bonds is 6. The summed E-state index contributed by atoms with van der Waals surface area (Å²) in [4.78, 5) is 2.50. The fraction of sp³-hybridized carbons (Fsp3) is 0.111. The first-order chi connectivity index (χ1) is 40.5. The van der Waals surface area contributed by atoms with Crippen molar-refractivity contribution < 1.29 is 0 Å². The third-order valence-corrected chi connectivity index (χ3v) is 19.7. The Kier molecular flexibility index (Phi) is 9.91. The van der Waals surface area contributed by atoms with Crippen LogP contribution < -0.4 is 4.90 Å². The summed E-state index contributed by atoms with van der Waals surface area (Å²) in [7, 11) is 0. The monoisotopic (exact) mass is 1060 g/mol. The first kappa shape index (κ1) is 48.0. The second-order valence-electron chi connectivity index (χ2n) is 25.0. The van der Waals surface area contributed by atoms with Crippen LogP contribution in [0, 0.1) is 13.8 Å². The van der Waals surface area contributed by atoms with Crippen molar-refractivity contribution in [3.05, 3.63) is 310 Å². The van der Waals surface area contributed by atoms with Crippen molar-refractivity contribution in [2.75, 3.05) is 4.90 Å². The molecular weight excluding hydrogens is 1000 g/mol. The third kappa shape index (κ3) is 6.61. The molecule has 12 aromatic carbocycles. The normalized spacial score (nSPS) is 14.7. The van der Waals surface area contributed by atoms with E-state index in [0.717, 1.165) is 22.7 Å². The van der Waals surface area contributed by atoms with Crippen molar-refractivity contribution in [1.29, 1.82) is 0 Å². The number of fused-ring (bicyclic) bond motifs is 19. The summed E-state index contributed by atoms with van der Waals surface area (Å²) in [6.07, 6.45) is 0. The van der Waals surface area contributed by atoms with E-state index in [-0.39, 0.29) is 10.8 Å². The predicted molar refractivity (Wildman–Crippen MR) is 347 cm³/mol. The minimum absolute atomic E-state index is 0.0646. The molecule has 0 bridgehead atoms. The largest absolute Gasteiger partial charge is 0.310 e. The molecule has 17 rings (SSSR count). The van der Waals surface area contributed by atoms with Gasteiger partial charge in [-0.3, -0.25) is 0 Å². The average molecular weight is 1060 g/mol. The Labute approximate surface area is 486 Å². The average Bonchev–Trinajstić information content (AvgIpc) is 1.68. The summed E-state index contributed by atoms with van der Waals surface area (Å²) in [5.41, 5.74) is 35.2. The summed E-state index contributed by atoms with van der Waals surface area (Å²) >= 11 is 0. The van der Waals surface area contributed by atoms with E-state index in [1.165, 1.54) is 144 Å². The maximum Gasteiger partial charge on any atom is 0.0726 e. The van der Waals surface area contributed by atoms with E-state index in [9.17, 15) is 0 Å². The molecule has 4 aliphatic rings. The Bertz CT molecular complexity index is 4860. The van der Waals surface area contributed by atoms with Gasteiger partial charge in [-0.2, -0.15) is 0 Å². The molecule has 0 unspecified atom stereocenters. The van der Waals surface area contributed by atoms with Crippen LogP contribution in [-0.2, 0) is 16.2 Å². The highest BCUT2D eigenvalue weighted by molar-refractivity contribution is 6.11. The van der Waals surface area contributed by atoms with Gasteiger partial charge < -0.3 is 9.47 Å². The van der Waals surface area contributed by atoms with Gasteiger partial charge in [0.15, 0.2) is 0 Å². The van der Waals surface area contributed by atoms with Gasteiger partial charge in [0.25, 0.3) is 0 Å². The maximum atomic E-state index is 2.51. The van der Waals surface area contributed by atoms with Gasteiger partial charge in [-0.15, -0.1) is 0 Å². The fourth-order valence-corrected chi connectivity index (χ4v) is 15.7. The number of hydrogen-bond donors (Lipinski definition) is 0. The van der Waals surface area contributed by atoms with Crippen molar-refractivity contribution in [2.45, 2.75) is 57.8 Å². The van der Waals surface area contributed by atoms with Gasteiger partial charge in [0.1, 0.15) is 0 Å². The van der Waals surface area contributed by atoms with Crippen LogP contribution >= 0.6 is 0 Å². The summed E-state index contributed by atoms with van der Waals surface area (Å²) in [6.45, 7) is 13.9. The molecule has 13 aromatic rings. The van der Waals surface area contributed by atoms with Gasteiger partial charge in [0.05, 0.1) is 16.4 Å². The van der Waals surface area contributed by atoms with Crippen molar-refractivity contribution in [1.82, 2.24) is 4.57 Å². The van der Waals surface area contributed by atoms with E-state index in [1.807, 2.05) is 0 Å². The Morgan fingerprint density at radius 3 is 1.27 bits per heavy atom. The second-order valence-corrected chi connectivity index (χ2v) is 25.0. The zero-order valence-electron chi connectivity index (χ0n) is 47.6. The molecular formula is C81H60N2. The SMILES string of the molecule is Cc1ccc2c(c1)C(C)(C)c1cc(-c3ccc4c(c3)c3cc(C)ccc3n4-c3ccc(-c4ccc(N(c5ccc6c(c5)C(C)(C)c5ccccc5-6)c5ccc6c(c5)C5(c7ccccc7-c7ccccc75)c5ccccc5-6)cc4)cc3)ccc1-2. The summed E-state index contributed by atoms with van der Waals surface area (Å²) in [5.74, 6) is 0. The van der Waals surface area contributed by atoms with E-state index in [0.29, 0.717) is 0 Å². The predicted octanol–water partition coefficient (Wildman–Crippen LogP) is 21.2. The van der Waals surface area contributed by atoms with E-state index in [2.05, 4.69) is 306 Å². The lowest BCUT2D eigenvalue weighted by Crippen LogP contribution is -2.26. The number of nitrogens with zero attached hydrogens (tertiary/aromatic N) is 2. The number of hydrogen-bond acceptors (Lipinski definition) is 1. The number of benzene rings is 12. The Morgan fingerprint density at radius 1 is 0.277 bits per heavy atom. The van der Waals surface area contributed by atoms with Crippen molar-refractivity contribution in [3.63, 3.8) is 0 Å². The van der Waals surface area contributed by atoms with Crippen LogP contribution in [0.1, 0.15) is 83.3 Å². The number of aromatic nitrogens is 1. The van der Waals surface area contributed by atoms with Gasteiger partial charge in [0.2, 0.25) is 0 Å². The fourth-order valence-electron chi connectivity index (χ4n) is 15.7. The molecule has 1 spiro atoms. The smallest absolute Gasteiger partial charge is 0.0726 e. The highest BCUT2D eigenvalue weighted by Gasteiger charge is 2.52. The van der Waals surface area contributed by atoms with Crippen LogP contribution in [0.25, 0.3) is 94.3 Å². The van der Waals surface area contributed by atoms with Crippen LogP contribution in [0.5, 0.6) is 0 Å². The molecule has 83 heavy (non-hydrogen) atoms. The van der Waals surface area contributed by atoms with Gasteiger partial charge in [0, 0.05) is 44.4 Å². The minimum atomic E-state index is -0.451. The molecule has 0 atom stereocenters. The molecule has 0 fully saturated rings. The van der Waals surface area contributed by atoms with Crippen molar-refractivity contribution in [2.24, 2.45) is 0 Å². The first-order valence-corrected chi connectivity index (χ1v) is 29.5. The van der Waals surface area contributed by atoms with Gasteiger partial charge in [-0.05, 0) is 204 Å². The van der Waals surface area contributed by atoms with E-state index in [4.69, 9.17) is 0 Å². The molecule has 1 heterocycles. The van der Waals surface area contributed by atoms with E-state index >= 15 is 0 Å². The highest BCUT2D eigenvalue weighted by Crippen LogP contribution is 2.64. The summed E-state index contributed by atoms with van der Waals surface area (Å²) in [6, 6.07) is 97.1. The topological polar surface area (TPSA) is 8.17 Å². The molecule has 2 nitrogen and oxygen atoms in total.